The molecule has 1 aromatic heterocycles. The molecule has 23 heavy (non-hydrogen) atoms. The van der Waals surface area contributed by atoms with E-state index in [0.29, 0.717) is 12.6 Å². The number of pyridine rings is 1. The molecule has 0 radical (unpaired) electrons. The fourth-order valence-corrected chi connectivity index (χ4v) is 3.39. The largest absolute Gasteiger partial charge is 0.357 e. The van der Waals surface area contributed by atoms with Crippen LogP contribution >= 0.6 is 0 Å². The summed E-state index contributed by atoms with van der Waals surface area (Å²) in [6, 6.07) is 8.33. The van der Waals surface area contributed by atoms with Gasteiger partial charge in [-0.25, -0.2) is 4.98 Å². The Hall–Kier alpha value is -2.13. The van der Waals surface area contributed by atoms with Crippen LogP contribution in [0.3, 0.4) is 0 Å². The maximum atomic E-state index is 12.2. The van der Waals surface area contributed by atoms with Crippen molar-refractivity contribution in [1.82, 2.24) is 15.2 Å². The minimum Gasteiger partial charge on any atom is -0.357 e. The molecule has 1 aromatic rings. The van der Waals surface area contributed by atoms with Crippen LogP contribution in [0.25, 0.3) is 0 Å². The van der Waals surface area contributed by atoms with Crippen molar-refractivity contribution in [3.8, 4) is 6.07 Å². The highest BCUT2D eigenvalue weighted by molar-refractivity contribution is 5.79. The standard InChI is InChI=1S/C17H23N5O/c18-12-15-4-3-9-22(15)17(23)13-20-14-6-10-21(11-7-14)16-5-1-2-8-19-16/h1-2,5,8,14-15,20H,3-4,6-7,9-11,13H2. The lowest BCUT2D eigenvalue weighted by atomic mass is 10.0. The van der Waals surface area contributed by atoms with E-state index in [2.05, 4.69) is 21.3 Å². The SMILES string of the molecule is N#CC1CCCN1C(=O)CNC1CCN(c2ccccn2)CC1. The lowest BCUT2D eigenvalue weighted by Gasteiger charge is -2.33. The summed E-state index contributed by atoms with van der Waals surface area (Å²) in [4.78, 5) is 20.6. The first kappa shape index (κ1) is 15.8. The molecular weight excluding hydrogens is 290 g/mol. The number of rotatable bonds is 4. The number of hydrogen-bond donors (Lipinski definition) is 1. The molecule has 1 N–H and O–H groups in total. The van der Waals surface area contributed by atoms with Crippen LogP contribution in [0.15, 0.2) is 24.4 Å². The number of nitriles is 1. The summed E-state index contributed by atoms with van der Waals surface area (Å²) in [5, 5.41) is 12.4. The first-order valence-corrected chi connectivity index (χ1v) is 8.36. The Morgan fingerprint density at radius 3 is 2.83 bits per heavy atom. The van der Waals surface area contributed by atoms with E-state index in [4.69, 9.17) is 5.26 Å². The normalized spacial score (nSPS) is 22.1. The predicted octanol–water partition coefficient (Wildman–Crippen LogP) is 1.15. The van der Waals surface area contributed by atoms with E-state index in [1.807, 2.05) is 24.4 Å². The number of aromatic nitrogens is 1. The zero-order chi connectivity index (χ0) is 16.1. The molecular formula is C17H23N5O. The fraction of sp³-hybridized carbons (Fsp3) is 0.588. The fourth-order valence-electron chi connectivity index (χ4n) is 3.39. The number of carbonyl (C=O) groups excluding carboxylic acids is 1. The van der Waals surface area contributed by atoms with E-state index in [0.717, 1.165) is 51.1 Å². The highest BCUT2D eigenvalue weighted by atomic mass is 16.2. The van der Waals surface area contributed by atoms with Crippen molar-refractivity contribution in [3.05, 3.63) is 24.4 Å². The predicted molar refractivity (Wildman–Crippen MR) is 87.8 cm³/mol. The Kier molecular flexibility index (Phi) is 5.09. The molecule has 2 fully saturated rings. The van der Waals surface area contributed by atoms with Crippen LogP contribution in [0.5, 0.6) is 0 Å². The van der Waals surface area contributed by atoms with Crippen molar-refractivity contribution in [1.29, 1.82) is 5.26 Å². The minimum atomic E-state index is -0.227. The number of anilines is 1. The molecule has 3 rings (SSSR count). The number of amides is 1. The van der Waals surface area contributed by atoms with E-state index in [9.17, 15) is 4.79 Å². The number of piperidine rings is 1. The minimum absolute atomic E-state index is 0.0567. The van der Waals surface area contributed by atoms with Crippen LogP contribution < -0.4 is 10.2 Å². The second kappa shape index (κ2) is 7.42. The number of carbonyl (C=O) groups is 1. The topological polar surface area (TPSA) is 72.3 Å². The Balaban J connectivity index is 1.43. The lowest BCUT2D eigenvalue weighted by Crippen LogP contribution is -2.47. The smallest absolute Gasteiger partial charge is 0.237 e. The van der Waals surface area contributed by atoms with Crippen LogP contribution in [0, 0.1) is 11.3 Å². The molecule has 0 bridgehead atoms. The molecule has 122 valence electrons. The van der Waals surface area contributed by atoms with Crippen molar-refractivity contribution < 1.29 is 4.79 Å². The number of nitrogens with zero attached hydrogens (tertiary/aromatic N) is 4. The van der Waals surface area contributed by atoms with Crippen LogP contribution in [0.4, 0.5) is 5.82 Å². The van der Waals surface area contributed by atoms with Gasteiger partial charge in [0.15, 0.2) is 0 Å². The molecule has 0 saturated carbocycles. The molecule has 1 unspecified atom stereocenters. The summed E-state index contributed by atoms with van der Waals surface area (Å²) in [5.41, 5.74) is 0. The summed E-state index contributed by atoms with van der Waals surface area (Å²) in [6.45, 7) is 2.96. The average molecular weight is 313 g/mol. The first-order chi connectivity index (χ1) is 11.3. The maximum Gasteiger partial charge on any atom is 0.237 e. The molecule has 0 spiro atoms. The van der Waals surface area contributed by atoms with Gasteiger partial charge < -0.3 is 15.1 Å². The van der Waals surface area contributed by atoms with Gasteiger partial charge in [0.05, 0.1) is 12.6 Å². The number of hydrogen-bond acceptors (Lipinski definition) is 5. The Morgan fingerprint density at radius 1 is 1.30 bits per heavy atom. The second-order valence-corrected chi connectivity index (χ2v) is 6.20. The average Bonchev–Trinajstić information content (AvgIpc) is 3.10. The third-order valence-electron chi connectivity index (χ3n) is 4.73. The Labute approximate surface area is 137 Å². The molecule has 2 aliphatic heterocycles. The van der Waals surface area contributed by atoms with Gasteiger partial charge in [0, 0.05) is 31.9 Å². The lowest BCUT2D eigenvalue weighted by molar-refractivity contribution is -0.130. The quantitative estimate of drug-likeness (QED) is 0.903. The molecule has 2 aliphatic rings. The van der Waals surface area contributed by atoms with Crippen molar-refractivity contribution >= 4 is 11.7 Å². The van der Waals surface area contributed by atoms with Gasteiger partial charge in [-0.1, -0.05) is 6.07 Å². The molecule has 0 aliphatic carbocycles. The zero-order valence-electron chi connectivity index (χ0n) is 13.3. The summed E-state index contributed by atoms with van der Waals surface area (Å²) in [7, 11) is 0. The third kappa shape index (κ3) is 3.80. The van der Waals surface area contributed by atoms with Crippen LogP contribution in [-0.4, -0.2) is 54.1 Å². The zero-order valence-corrected chi connectivity index (χ0v) is 13.3. The molecule has 3 heterocycles. The highest BCUT2D eigenvalue weighted by Gasteiger charge is 2.29. The molecule has 0 aromatic carbocycles. The molecule has 2 saturated heterocycles. The summed E-state index contributed by atoms with van der Waals surface area (Å²) in [6.07, 6.45) is 5.58. The van der Waals surface area contributed by atoms with E-state index < -0.39 is 0 Å². The van der Waals surface area contributed by atoms with Gasteiger partial charge in [-0.3, -0.25) is 4.79 Å². The molecule has 1 amide bonds. The number of nitrogens with one attached hydrogen (secondary N) is 1. The molecule has 1 atom stereocenters. The van der Waals surface area contributed by atoms with E-state index in [1.54, 1.807) is 4.90 Å². The second-order valence-electron chi connectivity index (χ2n) is 6.20. The van der Waals surface area contributed by atoms with E-state index in [-0.39, 0.29) is 11.9 Å². The van der Waals surface area contributed by atoms with E-state index >= 15 is 0 Å². The van der Waals surface area contributed by atoms with Crippen molar-refractivity contribution in [2.75, 3.05) is 31.1 Å². The van der Waals surface area contributed by atoms with E-state index in [1.165, 1.54) is 0 Å². The first-order valence-electron chi connectivity index (χ1n) is 8.36. The van der Waals surface area contributed by atoms with Gasteiger partial charge in [0.1, 0.15) is 11.9 Å². The Bertz CT molecular complexity index is 562. The van der Waals surface area contributed by atoms with Gasteiger partial charge in [-0.05, 0) is 37.8 Å². The summed E-state index contributed by atoms with van der Waals surface area (Å²) < 4.78 is 0. The highest BCUT2D eigenvalue weighted by Crippen LogP contribution is 2.18. The maximum absolute atomic E-state index is 12.2. The van der Waals surface area contributed by atoms with Crippen LogP contribution in [-0.2, 0) is 4.79 Å². The van der Waals surface area contributed by atoms with Gasteiger partial charge in [-0.2, -0.15) is 5.26 Å². The van der Waals surface area contributed by atoms with Gasteiger partial charge in [0.2, 0.25) is 5.91 Å². The Morgan fingerprint density at radius 2 is 2.13 bits per heavy atom. The van der Waals surface area contributed by atoms with Gasteiger partial charge in [0.25, 0.3) is 0 Å². The van der Waals surface area contributed by atoms with Gasteiger partial charge >= 0.3 is 0 Å². The third-order valence-corrected chi connectivity index (χ3v) is 4.73. The monoisotopic (exact) mass is 313 g/mol. The van der Waals surface area contributed by atoms with Crippen LogP contribution in [0.2, 0.25) is 0 Å². The van der Waals surface area contributed by atoms with Crippen molar-refractivity contribution in [3.63, 3.8) is 0 Å². The molecule has 6 heteroatoms. The molecule has 6 nitrogen and oxygen atoms in total. The van der Waals surface area contributed by atoms with Gasteiger partial charge in [-0.15, -0.1) is 0 Å². The van der Waals surface area contributed by atoms with Crippen molar-refractivity contribution in [2.24, 2.45) is 0 Å². The summed E-state index contributed by atoms with van der Waals surface area (Å²) in [5.74, 6) is 1.08. The number of likely N-dealkylation sites (tertiary alicyclic amines) is 1. The van der Waals surface area contributed by atoms with Crippen molar-refractivity contribution in [2.45, 2.75) is 37.8 Å². The van der Waals surface area contributed by atoms with Crippen LogP contribution in [0.1, 0.15) is 25.7 Å². The summed E-state index contributed by atoms with van der Waals surface area (Å²) >= 11 is 0.